The van der Waals surface area contributed by atoms with Gasteiger partial charge in [-0.2, -0.15) is 0 Å². The number of alkyl halides is 1. The van der Waals surface area contributed by atoms with Crippen LogP contribution in [-0.4, -0.2) is 11.1 Å². The van der Waals surface area contributed by atoms with Crippen molar-refractivity contribution in [1.29, 1.82) is 0 Å². The second kappa shape index (κ2) is 3.93. The van der Waals surface area contributed by atoms with Crippen LogP contribution >= 0.6 is 15.9 Å². The van der Waals surface area contributed by atoms with E-state index in [1.807, 2.05) is 6.08 Å². The van der Waals surface area contributed by atoms with Gasteiger partial charge < -0.3 is 0 Å². The third kappa shape index (κ3) is 1.67. The summed E-state index contributed by atoms with van der Waals surface area (Å²) in [7, 11) is 0. The van der Waals surface area contributed by atoms with Gasteiger partial charge in [0.15, 0.2) is 5.78 Å². The molecule has 0 radical (unpaired) electrons. The molecule has 78 valence electrons. The molecule has 1 atom stereocenters. The van der Waals surface area contributed by atoms with Crippen LogP contribution in [0.3, 0.4) is 0 Å². The van der Waals surface area contributed by atoms with Crippen molar-refractivity contribution in [2.75, 3.05) is 5.33 Å². The van der Waals surface area contributed by atoms with Crippen LogP contribution in [0.25, 0.3) is 6.08 Å². The molecule has 2 rings (SSSR count). The Kier molecular flexibility index (Phi) is 2.79. The molecule has 1 aliphatic carbocycles. The molecule has 15 heavy (non-hydrogen) atoms. The molecular formula is C13H13BrO. The average Bonchev–Trinajstić information content (AvgIpc) is 2.57. The number of halogens is 1. The Labute approximate surface area is 98.3 Å². The third-order valence-electron chi connectivity index (χ3n) is 3.03. The van der Waals surface area contributed by atoms with Crippen molar-refractivity contribution in [2.24, 2.45) is 0 Å². The van der Waals surface area contributed by atoms with E-state index in [1.54, 1.807) is 0 Å². The van der Waals surface area contributed by atoms with Crippen LogP contribution in [-0.2, 0) is 4.79 Å². The van der Waals surface area contributed by atoms with Crippen LogP contribution in [0, 0.1) is 6.92 Å². The predicted octanol–water partition coefficient (Wildman–Crippen LogP) is 3.46. The zero-order valence-electron chi connectivity index (χ0n) is 8.88. The van der Waals surface area contributed by atoms with E-state index in [4.69, 9.17) is 0 Å². The number of aryl methyl sites for hydroxylation is 1. The number of benzene rings is 1. The first-order chi connectivity index (χ1) is 7.15. The minimum atomic E-state index is 0.193. The van der Waals surface area contributed by atoms with Crippen LogP contribution in [0.2, 0.25) is 0 Å². The van der Waals surface area contributed by atoms with E-state index in [0.29, 0.717) is 5.33 Å². The summed E-state index contributed by atoms with van der Waals surface area (Å²) < 4.78 is 0. The standard InChI is InChI=1S/C13H13BrO/c1-8-4-3-5-10-9(2)12(6-11(8)10)13(15)7-14/h3-6,9H,7H2,1-2H3. The first kappa shape index (κ1) is 10.6. The van der Waals surface area contributed by atoms with E-state index < -0.39 is 0 Å². The predicted molar refractivity (Wildman–Crippen MR) is 66.4 cm³/mol. The Balaban J connectivity index is 2.49. The molecule has 1 aliphatic rings. The zero-order valence-corrected chi connectivity index (χ0v) is 10.5. The molecule has 1 nitrogen and oxygen atoms in total. The molecule has 0 fully saturated rings. The van der Waals surface area contributed by atoms with Crippen molar-refractivity contribution < 1.29 is 4.79 Å². The second-order valence-electron chi connectivity index (χ2n) is 3.96. The van der Waals surface area contributed by atoms with E-state index in [-0.39, 0.29) is 11.7 Å². The van der Waals surface area contributed by atoms with E-state index in [9.17, 15) is 4.79 Å². The summed E-state index contributed by atoms with van der Waals surface area (Å²) in [4.78, 5) is 11.7. The number of rotatable bonds is 2. The maximum Gasteiger partial charge on any atom is 0.169 e. The molecule has 0 aliphatic heterocycles. The maximum atomic E-state index is 11.7. The molecule has 0 amide bonds. The molecule has 0 N–H and O–H groups in total. The molecule has 0 bridgehead atoms. The van der Waals surface area contributed by atoms with E-state index >= 15 is 0 Å². The number of Topliss-reactive ketones (excluding diaryl/α,β-unsaturated/α-hetero) is 1. The number of hydrogen-bond donors (Lipinski definition) is 0. The Morgan fingerprint density at radius 3 is 2.80 bits per heavy atom. The summed E-state index contributed by atoms with van der Waals surface area (Å²) in [6, 6.07) is 6.25. The molecule has 0 aromatic heterocycles. The molecule has 0 heterocycles. The smallest absolute Gasteiger partial charge is 0.169 e. The highest BCUT2D eigenvalue weighted by molar-refractivity contribution is 9.09. The van der Waals surface area contributed by atoms with Gasteiger partial charge in [-0.1, -0.05) is 41.1 Å². The van der Waals surface area contributed by atoms with Gasteiger partial charge in [0, 0.05) is 11.5 Å². The quantitative estimate of drug-likeness (QED) is 0.748. The second-order valence-corrected chi connectivity index (χ2v) is 4.52. The van der Waals surface area contributed by atoms with Crippen molar-refractivity contribution in [3.63, 3.8) is 0 Å². The van der Waals surface area contributed by atoms with E-state index in [2.05, 4.69) is 48.0 Å². The third-order valence-corrected chi connectivity index (χ3v) is 3.54. The summed E-state index contributed by atoms with van der Waals surface area (Å²) in [5.74, 6) is 0.433. The summed E-state index contributed by atoms with van der Waals surface area (Å²) in [5, 5.41) is 0.413. The zero-order chi connectivity index (χ0) is 11.0. The lowest BCUT2D eigenvalue weighted by molar-refractivity contribution is -0.113. The first-order valence-electron chi connectivity index (χ1n) is 5.05. The van der Waals surface area contributed by atoms with Gasteiger partial charge in [-0.3, -0.25) is 4.79 Å². The lowest BCUT2D eigenvalue weighted by atomic mass is 9.95. The maximum absolute atomic E-state index is 11.7. The fraction of sp³-hybridized carbons (Fsp3) is 0.308. The summed E-state index contributed by atoms with van der Waals surface area (Å²) in [5.41, 5.74) is 4.68. The number of fused-ring (bicyclic) bond motifs is 1. The number of allylic oxidation sites excluding steroid dienone is 1. The van der Waals surface area contributed by atoms with Crippen molar-refractivity contribution in [3.8, 4) is 0 Å². The monoisotopic (exact) mass is 264 g/mol. The summed E-state index contributed by atoms with van der Waals surface area (Å²) in [6.07, 6.45) is 2.04. The number of hydrogen-bond acceptors (Lipinski definition) is 1. The van der Waals surface area contributed by atoms with Gasteiger partial charge in [0.2, 0.25) is 0 Å². The molecule has 0 spiro atoms. The molecule has 1 aromatic carbocycles. The fourth-order valence-corrected chi connectivity index (χ4v) is 2.45. The van der Waals surface area contributed by atoms with Crippen LogP contribution in [0.15, 0.2) is 23.8 Å². The number of ketones is 1. The van der Waals surface area contributed by atoms with Crippen LogP contribution in [0.1, 0.15) is 29.5 Å². The van der Waals surface area contributed by atoms with Crippen molar-refractivity contribution in [1.82, 2.24) is 0 Å². The summed E-state index contributed by atoms with van der Waals surface area (Å²) >= 11 is 3.23. The van der Waals surface area contributed by atoms with E-state index in [0.717, 1.165) is 5.57 Å². The van der Waals surface area contributed by atoms with Gasteiger partial charge in [0.1, 0.15) is 0 Å². The SMILES string of the molecule is Cc1cccc2c1C=C(C(=O)CBr)C2C. The molecule has 2 heteroatoms. The number of carbonyl (C=O) groups excluding carboxylic acids is 1. The molecule has 0 saturated heterocycles. The van der Waals surface area contributed by atoms with Gasteiger partial charge in [0.25, 0.3) is 0 Å². The molecule has 1 aromatic rings. The minimum Gasteiger partial charge on any atom is -0.294 e. The van der Waals surface area contributed by atoms with Gasteiger partial charge in [-0.15, -0.1) is 0 Å². The minimum absolute atomic E-state index is 0.193. The van der Waals surface area contributed by atoms with Gasteiger partial charge in [0.05, 0.1) is 5.33 Å². The van der Waals surface area contributed by atoms with Gasteiger partial charge >= 0.3 is 0 Å². The first-order valence-corrected chi connectivity index (χ1v) is 6.17. The highest BCUT2D eigenvalue weighted by atomic mass is 79.9. The van der Waals surface area contributed by atoms with Crippen molar-refractivity contribution >= 4 is 27.8 Å². The molecule has 1 unspecified atom stereocenters. The van der Waals surface area contributed by atoms with E-state index in [1.165, 1.54) is 16.7 Å². The highest BCUT2D eigenvalue weighted by Crippen LogP contribution is 2.37. The lowest BCUT2D eigenvalue weighted by Gasteiger charge is -2.09. The largest absolute Gasteiger partial charge is 0.294 e. The van der Waals surface area contributed by atoms with Gasteiger partial charge in [-0.25, -0.2) is 0 Å². The highest BCUT2D eigenvalue weighted by Gasteiger charge is 2.25. The van der Waals surface area contributed by atoms with Crippen LogP contribution < -0.4 is 0 Å². The Morgan fingerprint density at radius 1 is 1.47 bits per heavy atom. The Bertz CT molecular complexity index is 446. The normalized spacial score (nSPS) is 18.6. The van der Waals surface area contributed by atoms with Crippen molar-refractivity contribution in [3.05, 3.63) is 40.5 Å². The lowest BCUT2D eigenvalue weighted by Crippen LogP contribution is -2.06. The van der Waals surface area contributed by atoms with Crippen molar-refractivity contribution in [2.45, 2.75) is 19.8 Å². The van der Waals surface area contributed by atoms with Gasteiger partial charge in [-0.05, 0) is 29.7 Å². The Morgan fingerprint density at radius 2 is 2.20 bits per heavy atom. The average molecular weight is 265 g/mol. The molecular weight excluding hydrogens is 252 g/mol. The Hall–Kier alpha value is -0.890. The topological polar surface area (TPSA) is 17.1 Å². The summed E-state index contributed by atoms with van der Waals surface area (Å²) in [6.45, 7) is 4.18. The van der Waals surface area contributed by atoms with Crippen LogP contribution in [0.4, 0.5) is 0 Å². The molecule has 0 saturated carbocycles. The number of carbonyl (C=O) groups is 1. The fourth-order valence-electron chi connectivity index (χ4n) is 2.13. The van der Waals surface area contributed by atoms with Crippen LogP contribution in [0.5, 0.6) is 0 Å².